The van der Waals surface area contributed by atoms with Gasteiger partial charge in [-0.2, -0.15) is 0 Å². The van der Waals surface area contributed by atoms with Crippen molar-refractivity contribution in [1.82, 2.24) is 9.80 Å². The van der Waals surface area contributed by atoms with E-state index in [1.165, 1.54) is 0 Å². The lowest BCUT2D eigenvalue weighted by Gasteiger charge is -2.53. The van der Waals surface area contributed by atoms with Gasteiger partial charge in [-0.25, -0.2) is 0 Å². The molecule has 3 saturated heterocycles. The minimum Gasteiger partial charge on any atom is -0.371 e. The third-order valence-corrected chi connectivity index (χ3v) is 6.05. The van der Waals surface area contributed by atoms with Crippen molar-refractivity contribution in [2.45, 2.75) is 50.7 Å². The van der Waals surface area contributed by atoms with Crippen molar-refractivity contribution in [1.29, 1.82) is 0 Å². The molecule has 1 spiro atoms. The second-order valence-corrected chi connectivity index (χ2v) is 8.06. The number of hydrogen-bond donors (Lipinski definition) is 0. The molecular formula is C18H28N2O4. The number of rotatable bonds is 4. The Kier molecular flexibility index (Phi) is 4.29. The molecule has 3 atom stereocenters. The monoisotopic (exact) mass is 336 g/mol. The zero-order valence-electron chi connectivity index (χ0n) is 14.5. The van der Waals surface area contributed by atoms with Crippen LogP contribution in [0.1, 0.15) is 39.0 Å². The molecule has 6 heteroatoms. The van der Waals surface area contributed by atoms with Gasteiger partial charge in [0.15, 0.2) is 0 Å². The maximum atomic E-state index is 12.3. The largest absolute Gasteiger partial charge is 0.371 e. The van der Waals surface area contributed by atoms with Crippen molar-refractivity contribution in [2.24, 2.45) is 11.8 Å². The van der Waals surface area contributed by atoms with E-state index in [1.807, 2.05) is 9.80 Å². The molecule has 0 aromatic carbocycles. The summed E-state index contributed by atoms with van der Waals surface area (Å²) in [5.41, 5.74) is -0.229. The first-order chi connectivity index (χ1) is 11.6. The maximum Gasteiger partial charge on any atom is 0.248 e. The van der Waals surface area contributed by atoms with Gasteiger partial charge in [0.1, 0.15) is 12.2 Å². The average Bonchev–Trinajstić information content (AvgIpc) is 3.05. The third-order valence-electron chi connectivity index (χ3n) is 6.05. The fourth-order valence-corrected chi connectivity index (χ4v) is 4.30. The highest BCUT2D eigenvalue weighted by atomic mass is 16.5. The Morgan fingerprint density at radius 2 is 1.92 bits per heavy atom. The maximum absolute atomic E-state index is 12.3. The Morgan fingerprint density at radius 3 is 2.58 bits per heavy atom. The number of hydrogen-bond acceptors (Lipinski definition) is 4. The summed E-state index contributed by atoms with van der Waals surface area (Å²) in [5, 5.41) is 0. The van der Waals surface area contributed by atoms with E-state index in [-0.39, 0.29) is 30.1 Å². The van der Waals surface area contributed by atoms with Crippen molar-refractivity contribution >= 4 is 11.8 Å². The summed E-state index contributed by atoms with van der Waals surface area (Å²) < 4.78 is 11.9. The fraction of sp³-hybridized carbons (Fsp3) is 0.889. The molecule has 4 aliphatic rings. The minimum absolute atomic E-state index is 0.0717. The second-order valence-electron chi connectivity index (χ2n) is 8.06. The van der Waals surface area contributed by atoms with Gasteiger partial charge < -0.3 is 19.3 Å². The Labute approximate surface area is 143 Å². The quantitative estimate of drug-likeness (QED) is 0.770. The molecule has 3 heterocycles. The molecule has 0 aromatic heterocycles. The molecule has 0 aromatic rings. The summed E-state index contributed by atoms with van der Waals surface area (Å²) in [6, 6.07) is 0. The van der Waals surface area contributed by atoms with E-state index in [4.69, 9.17) is 9.47 Å². The molecule has 2 amide bonds. The van der Waals surface area contributed by atoms with Crippen molar-refractivity contribution < 1.29 is 19.1 Å². The lowest BCUT2D eigenvalue weighted by atomic mass is 9.84. The molecule has 4 rings (SSSR count). The summed E-state index contributed by atoms with van der Waals surface area (Å²) in [4.78, 5) is 28.2. The van der Waals surface area contributed by atoms with Crippen molar-refractivity contribution in [3.63, 3.8) is 0 Å². The Balaban J connectivity index is 1.23. The molecule has 0 unspecified atom stereocenters. The number of nitrogens with zero attached hydrogens (tertiary/aromatic N) is 2. The topological polar surface area (TPSA) is 59.1 Å². The number of amides is 2. The van der Waals surface area contributed by atoms with Crippen LogP contribution in [-0.2, 0) is 19.1 Å². The van der Waals surface area contributed by atoms with Crippen molar-refractivity contribution in [2.75, 3.05) is 39.4 Å². The lowest BCUT2D eigenvalue weighted by Crippen LogP contribution is -2.67. The van der Waals surface area contributed by atoms with Crippen LogP contribution in [0.5, 0.6) is 0 Å². The molecule has 0 bridgehead atoms. The zero-order valence-corrected chi connectivity index (χ0v) is 14.5. The fourth-order valence-electron chi connectivity index (χ4n) is 4.30. The highest BCUT2D eigenvalue weighted by molar-refractivity contribution is 5.82. The minimum atomic E-state index is -0.229. The van der Waals surface area contributed by atoms with Gasteiger partial charge in [-0.15, -0.1) is 0 Å². The van der Waals surface area contributed by atoms with Crippen LogP contribution in [0, 0.1) is 11.8 Å². The van der Waals surface area contributed by atoms with Crippen molar-refractivity contribution in [3.05, 3.63) is 0 Å². The number of ether oxygens (including phenoxy) is 2. The summed E-state index contributed by atoms with van der Waals surface area (Å²) >= 11 is 0. The van der Waals surface area contributed by atoms with Gasteiger partial charge in [-0.3, -0.25) is 9.59 Å². The molecular weight excluding hydrogens is 308 g/mol. The molecule has 1 aliphatic carbocycles. The standard InChI is InChI=1S/C18H28N2O4/c1-13-8-15(13)17(22)20-11-18(12-20)9-14(4-7-24-18)23-10-16(21)19-5-2-3-6-19/h13-15H,2-12H2,1H3/t13-,14-,15+/m1/s1. The summed E-state index contributed by atoms with van der Waals surface area (Å²) in [7, 11) is 0. The SMILES string of the molecule is C[C@@H]1C[C@@H]1C(=O)N1CC2(C[C@H](OCC(=O)N3CCCC3)CCO2)C1. The highest BCUT2D eigenvalue weighted by Crippen LogP contribution is 2.43. The van der Waals surface area contributed by atoms with E-state index < -0.39 is 0 Å². The van der Waals surface area contributed by atoms with Gasteiger partial charge in [0.25, 0.3) is 0 Å². The Morgan fingerprint density at radius 1 is 1.21 bits per heavy atom. The summed E-state index contributed by atoms with van der Waals surface area (Å²) in [6.07, 6.45) is 4.95. The van der Waals surface area contributed by atoms with Crippen LogP contribution in [0.25, 0.3) is 0 Å². The van der Waals surface area contributed by atoms with Crippen LogP contribution >= 0.6 is 0 Å². The van der Waals surface area contributed by atoms with Crippen LogP contribution in [0.2, 0.25) is 0 Å². The number of likely N-dealkylation sites (tertiary alicyclic amines) is 2. The van der Waals surface area contributed by atoms with Crippen LogP contribution < -0.4 is 0 Å². The van der Waals surface area contributed by atoms with Gasteiger partial charge in [0.05, 0.1) is 19.2 Å². The molecule has 134 valence electrons. The molecule has 0 radical (unpaired) electrons. The van der Waals surface area contributed by atoms with Crippen molar-refractivity contribution in [3.8, 4) is 0 Å². The molecule has 4 fully saturated rings. The summed E-state index contributed by atoms with van der Waals surface area (Å²) in [6.45, 7) is 6.10. The Bertz CT molecular complexity index is 511. The van der Waals surface area contributed by atoms with Gasteiger partial charge in [-0.1, -0.05) is 6.92 Å². The van der Waals surface area contributed by atoms with E-state index in [9.17, 15) is 9.59 Å². The van der Waals surface area contributed by atoms with Crippen LogP contribution in [0.15, 0.2) is 0 Å². The molecule has 24 heavy (non-hydrogen) atoms. The van der Waals surface area contributed by atoms with Crippen LogP contribution in [0.4, 0.5) is 0 Å². The number of carbonyl (C=O) groups excluding carboxylic acids is 2. The predicted octanol–water partition coefficient (Wildman–Crippen LogP) is 1.04. The molecule has 6 nitrogen and oxygen atoms in total. The molecule has 1 saturated carbocycles. The number of carbonyl (C=O) groups is 2. The van der Waals surface area contributed by atoms with E-state index in [2.05, 4.69) is 6.92 Å². The Hall–Kier alpha value is -1.14. The van der Waals surface area contributed by atoms with E-state index >= 15 is 0 Å². The van der Waals surface area contributed by atoms with Gasteiger partial charge in [-0.05, 0) is 31.6 Å². The molecule has 0 N–H and O–H groups in total. The lowest BCUT2D eigenvalue weighted by molar-refractivity contribution is -0.202. The smallest absolute Gasteiger partial charge is 0.248 e. The first-order valence-corrected chi connectivity index (χ1v) is 9.38. The first-order valence-electron chi connectivity index (χ1n) is 9.38. The normalized spacial score (nSPS) is 34.3. The van der Waals surface area contributed by atoms with Gasteiger partial charge in [0.2, 0.25) is 11.8 Å². The van der Waals surface area contributed by atoms with Crippen LogP contribution in [-0.4, -0.2) is 72.7 Å². The zero-order chi connectivity index (χ0) is 16.7. The van der Waals surface area contributed by atoms with Crippen LogP contribution in [0.3, 0.4) is 0 Å². The highest BCUT2D eigenvalue weighted by Gasteiger charge is 2.53. The second kappa shape index (κ2) is 6.30. The van der Waals surface area contributed by atoms with Gasteiger partial charge in [0, 0.05) is 32.0 Å². The predicted molar refractivity (Wildman–Crippen MR) is 87.3 cm³/mol. The van der Waals surface area contributed by atoms with E-state index in [1.54, 1.807) is 0 Å². The van der Waals surface area contributed by atoms with E-state index in [0.717, 1.165) is 45.2 Å². The third kappa shape index (κ3) is 3.18. The van der Waals surface area contributed by atoms with Gasteiger partial charge >= 0.3 is 0 Å². The van der Waals surface area contributed by atoms with E-state index in [0.29, 0.717) is 31.5 Å². The summed E-state index contributed by atoms with van der Waals surface area (Å²) in [5.74, 6) is 1.20. The average molecular weight is 336 g/mol. The first kappa shape index (κ1) is 16.3. The molecule has 3 aliphatic heterocycles.